The number of hydrogen-bond acceptors (Lipinski definition) is 5. The van der Waals surface area contributed by atoms with Crippen LogP contribution in [0.4, 0.5) is 5.69 Å². The van der Waals surface area contributed by atoms with Crippen molar-refractivity contribution in [3.05, 3.63) is 61.2 Å². The molecule has 0 aliphatic heterocycles. The highest BCUT2D eigenvalue weighted by Crippen LogP contribution is 2.21. The van der Waals surface area contributed by atoms with Crippen molar-refractivity contribution in [2.24, 2.45) is 5.84 Å². The molecule has 0 aliphatic carbocycles. The predicted molar refractivity (Wildman–Crippen MR) is 78.5 cm³/mol. The molecule has 3 N–H and O–H groups in total. The van der Waals surface area contributed by atoms with Gasteiger partial charge in [-0.15, -0.1) is 0 Å². The van der Waals surface area contributed by atoms with Crippen LogP contribution in [-0.2, 0) is 0 Å². The summed E-state index contributed by atoms with van der Waals surface area (Å²) < 4.78 is 0. The third-order valence-corrected chi connectivity index (χ3v) is 2.98. The van der Waals surface area contributed by atoms with E-state index in [0.29, 0.717) is 5.82 Å². The van der Waals surface area contributed by atoms with E-state index in [2.05, 4.69) is 20.4 Å². The second-order valence-corrected chi connectivity index (χ2v) is 4.25. The average Bonchev–Trinajstić information content (AvgIpc) is 2.56. The van der Waals surface area contributed by atoms with E-state index >= 15 is 0 Å². The Morgan fingerprint density at radius 1 is 0.750 bits per heavy atom. The quantitative estimate of drug-likeness (QED) is 0.561. The Hall–Kier alpha value is -2.79. The molecular formula is C15H13N5. The minimum Gasteiger partial charge on any atom is -0.324 e. The lowest BCUT2D eigenvalue weighted by Gasteiger charge is -2.04. The molecule has 0 aliphatic rings. The number of aromatic nitrogens is 3. The SMILES string of the molecule is NNc1ccc(-c2cnc(-c3ccncc3)nc2)cc1. The summed E-state index contributed by atoms with van der Waals surface area (Å²) in [5, 5.41) is 0. The van der Waals surface area contributed by atoms with E-state index in [9.17, 15) is 0 Å². The summed E-state index contributed by atoms with van der Waals surface area (Å²) >= 11 is 0. The molecule has 0 saturated heterocycles. The molecule has 5 nitrogen and oxygen atoms in total. The number of nitrogens with zero attached hydrogens (tertiary/aromatic N) is 3. The van der Waals surface area contributed by atoms with Crippen molar-refractivity contribution in [3.63, 3.8) is 0 Å². The van der Waals surface area contributed by atoms with E-state index in [0.717, 1.165) is 22.4 Å². The molecule has 2 heterocycles. The summed E-state index contributed by atoms with van der Waals surface area (Å²) in [6, 6.07) is 11.5. The number of pyridine rings is 1. The van der Waals surface area contributed by atoms with Gasteiger partial charge in [-0.2, -0.15) is 0 Å². The highest BCUT2D eigenvalue weighted by atomic mass is 15.2. The van der Waals surface area contributed by atoms with Crippen molar-refractivity contribution in [2.45, 2.75) is 0 Å². The van der Waals surface area contributed by atoms with Crippen LogP contribution in [0.25, 0.3) is 22.5 Å². The van der Waals surface area contributed by atoms with Gasteiger partial charge < -0.3 is 5.43 Å². The zero-order valence-electron chi connectivity index (χ0n) is 10.7. The molecule has 5 heteroatoms. The lowest BCUT2D eigenvalue weighted by molar-refractivity contribution is 1.17. The maximum absolute atomic E-state index is 5.34. The molecule has 0 atom stereocenters. The van der Waals surface area contributed by atoms with Crippen LogP contribution in [0.1, 0.15) is 0 Å². The van der Waals surface area contributed by atoms with E-state index in [1.54, 1.807) is 12.4 Å². The van der Waals surface area contributed by atoms with E-state index in [1.165, 1.54) is 0 Å². The fourth-order valence-electron chi connectivity index (χ4n) is 1.89. The van der Waals surface area contributed by atoms with Crippen LogP contribution in [0.2, 0.25) is 0 Å². The fourth-order valence-corrected chi connectivity index (χ4v) is 1.89. The van der Waals surface area contributed by atoms with Gasteiger partial charge in [-0.3, -0.25) is 10.8 Å². The van der Waals surface area contributed by atoms with Crippen LogP contribution in [0.15, 0.2) is 61.2 Å². The standard InChI is InChI=1S/C15H13N5/c16-20-14-3-1-11(2-4-14)13-9-18-15(19-10-13)12-5-7-17-8-6-12/h1-10,20H,16H2. The van der Waals surface area contributed by atoms with Gasteiger partial charge in [0, 0.05) is 41.6 Å². The Morgan fingerprint density at radius 3 is 2.00 bits per heavy atom. The molecule has 0 bridgehead atoms. The van der Waals surface area contributed by atoms with E-state index in [-0.39, 0.29) is 0 Å². The number of hydrogen-bond donors (Lipinski definition) is 2. The Bertz CT molecular complexity index is 678. The van der Waals surface area contributed by atoms with E-state index in [4.69, 9.17) is 5.84 Å². The highest BCUT2D eigenvalue weighted by Gasteiger charge is 2.02. The van der Waals surface area contributed by atoms with Gasteiger partial charge in [0.25, 0.3) is 0 Å². The molecule has 0 spiro atoms. The van der Waals surface area contributed by atoms with Gasteiger partial charge in [0.05, 0.1) is 0 Å². The minimum absolute atomic E-state index is 0.691. The van der Waals surface area contributed by atoms with Gasteiger partial charge in [0.1, 0.15) is 0 Å². The highest BCUT2D eigenvalue weighted by molar-refractivity contribution is 5.65. The molecule has 2 aromatic heterocycles. The minimum atomic E-state index is 0.691. The molecule has 0 amide bonds. The van der Waals surface area contributed by atoms with Crippen molar-refractivity contribution in [2.75, 3.05) is 5.43 Å². The summed E-state index contributed by atoms with van der Waals surface area (Å²) in [4.78, 5) is 12.8. The number of hydrazine groups is 1. The number of anilines is 1. The maximum Gasteiger partial charge on any atom is 0.159 e. The first-order valence-corrected chi connectivity index (χ1v) is 6.16. The number of nitrogens with two attached hydrogens (primary N) is 1. The molecule has 3 rings (SSSR count). The predicted octanol–water partition coefficient (Wildman–Crippen LogP) is 2.49. The molecule has 0 unspecified atom stereocenters. The van der Waals surface area contributed by atoms with Crippen molar-refractivity contribution < 1.29 is 0 Å². The number of nitrogen functional groups attached to an aromatic ring is 1. The van der Waals surface area contributed by atoms with Gasteiger partial charge in [-0.25, -0.2) is 9.97 Å². The van der Waals surface area contributed by atoms with Gasteiger partial charge in [-0.1, -0.05) is 12.1 Å². The summed E-state index contributed by atoms with van der Waals surface area (Å²) in [5.74, 6) is 6.03. The molecule has 3 aromatic rings. The monoisotopic (exact) mass is 263 g/mol. The summed E-state index contributed by atoms with van der Waals surface area (Å²) in [7, 11) is 0. The third-order valence-electron chi connectivity index (χ3n) is 2.98. The summed E-state index contributed by atoms with van der Waals surface area (Å²) in [6.07, 6.45) is 7.08. The second kappa shape index (κ2) is 5.46. The first-order valence-electron chi connectivity index (χ1n) is 6.16. The molecule has 0 radical (unpaired) electrons. The summed E-state index contributed by atoms with van der Waals surface area (Å²) in [6.45, 7) is 0. The van der Waals surface area contributed by atoms with E-state index in [1.807, 2.05) is 48.8 Å². The van der Waals surface area contributed by atoms with Gasteiger partial charge in [0.2, 0.25) is 0 Å². The fraction of sp³-hybridized carbons (Fsp3) is 0. The molecular weight excluding hydrogens is 250 g/mol. The Balaban J connectivity index is 1.89. The van der Waals surface area contributed by atoms with Crippen LogP contribution in [0, 0.1) is 0 Å². The van der Waals surface area contributed by atoms with Gasteiger partial charge >= 0.3 is 0 Å². The van der Waals surface area contributed by atoms with Crippen molar-refractivity contribution in [1.29, 1.82) is 0 Å². The lowest BCUT2D eigenvalue weighted by Crippen LogP contribution is -2.05. The first kappa shape index (κ1) is 12.3. The Kier molecular flexibility index (Phi) is 3.34. The zero-order chi connectivity index (χ0) is 13.8. The molecule has 1 aromatic carbocycles. The van der Waals surface area contributed by atoms with Crippen molar-refractivity contribution in [3.8, 4) is 22.5 Å². The number of rotatable bonds is 3. The third kappa shape index (κ3) is 2.48. The normalized spacial score (nSPS) is 10.2. The molecule has 0 fully saturated rings. The summed E-state index contributed by atoms with van der Waals surface area (Å²) in [5.41, 5.74) is 6.43. The van der Waals surface area contributed by atoms with Crippen LogP contribution in [-0.4, -0.2) is 15.0 Å². The second-order valence-electron chi connectivity index (χ2n) is 4.25. The first-order chi connectivity index (χ1) is 9.86. The van der Waals surface area contributed by atoms with E-state index < -0.39 is 0 Å². The largest absolute Gasteiger partial charge is 0.324 e. The molecule has 20 heavy (non-hydrogen) atoms. The number of nitrogens with one attached hydrogen (secondary N) is 1. The van der Waals surface area contributed by atoms with Gasteiger partial charge in [-0.05, 0) is 29.8 Å². The van der Waals surface area contributed by atoms with Crippen LogP contribution < -0.4 is 11.3 Å². The molecule has 0 saturated carbocycles. The zero-order valence-corrected chi connectivity index (χ0v) is 10.7. The van der Waals surface area contributed by atoms with Crippen LogP contribution >= 0.6 is 0 Å². The average molecular weight is 263 g/mol. The molecule has 98 valence electrons. The van der Waals surface area contributed by atoms with Crippen molar-refractivity contribution in [1.82, 2.24) is 15.0 Å². The number of benzene rings is 1. The van der Waals surface area contributed by atoms with Crippen LogP contribution in [0.3, 0.4) is 0 Å². The smallest absolute Gasteiger partial charge is 0.159 e. The Labute approximate surface area is 116 Å². The Morgan fingerprint density at radius 2 is 1.40 bits per heavy atom. The maximum atomic E-state index is 5.34. The lowest BCUT2D eigenvalue weighted by atomic mass is 10.1. The van der Waals surface area contributed by atoms with Crippen molar-refractivity contribution >= 4 is 5.69 Å². The van der Waals surface area contributed by atoms with Crippen LogP contribution in [0.5, 0.6) is 0 Å². The van der Waals surface area contributed by atoms with Gasteiger partial charge in [0.15, 0.2) is 5.82 Å². The topological polar surface area (TPSA) is 76.7 Å².